The Kier molecular flexibility index (Phi) is 11.7. The van der Waals surface area contributed by atoms with Gasteiger partial charge in [-0.1, -0.05) is 30.0 Å². The van der Waals surface area contributed by atoms with Crippen LogP contribution in [0.15, 0.2) is 52.4 Å². The van der Waals surface area contributed by atoms with Crippen LogP contribution in [0.25, 0.3) is 0 Å². The molecular formula is C34H47N4O11PS2. The molecular weight excluding hydrogens is 735 g/mol. The van der Waals surface area contributed by atoms with E-state index >= 15 is 0 Å². The minimum Gasteiger partial charge on any atom is -0.481 e. The summed E-state index contributed by atoms with van der Waals surface area (Å²) in [5.74, 6) is 0.694. The highest BCUT2D eigenvalue weighted by molar-refractivity contribution is 8.14. The Hall–Kier alpha value is -2.47. The molecule has 7 rings (SSSR count). The molecule has 2 saturated carbocycles. The number of thioether (sulfide) groups is 1. The molecule has 0 aromatic heterocycles. The van der Waals surface area contributed by atoms with Crippen molar-refractivity contribution >= 4 is 40.6 Å². The van der Waals surface area contributed by atoms with E-state index in [0.717, 1.165) is 24.4 Å². The average Bonchev–Trinajstić information content (AvgIpc) is 3.57. The molecule has 0 radical (unpaired) electrons. The number of ether oxygens (including phenoxy) is 4. The van der Waals surface area contributed by atoms with Gasteiger partial charge in [0.25, 0.3) is 0 Å². The second-order valence-electron chi connectivity index (χ2n) is 13.8. The quantitative estimate of drug-likeness (QED) is 0.169. The number of aliphatic imine (C=N–C) groups is 1. The van der Waals surface area contributed by atoms with Gasteiger partial charge in [0.15, 0.2) is 17.8 Å². The summed E-state index contributed by atoms with van der Waals surface area (Å²) in [6.07, 6.45) is 5.27. The highest BCUT2D eigenvalue weighted by atomic mass is 32.2. The number of amides is 1. The van der Waals surface area contributed by atoms with Crippen LogP contribution >= 0.6 is 19.4 Å². The van der Waals surface area contributed by atoms with Crippen molar-refractivity contribution in [3.05, 3.63) is 53.0 Å². The summed E-state index contributed by atoms with van der Waals surface area (Å²) in [6, 6.07) is 6.20. The van der Waals surface area contributed by atoms with E-state index in [4.69, 9.17) is 28.0 Å². The number of aliphatic hydroxyl groups is 1. The molecule has 4 fully saturated rings. The highest BCUT2D eigenvalue weighted by Crippen LogP contribution is 2.50. The van der Waals surface area contributed by atoms with Gasteiger partial charge in [-0.25, -0.2) is 17.9 Å². The average molecular weight is 783 g/mol. The fourth-order valence-electron chi connectivity index (χ4n) is 7.28. The van der Waals surface area contributed by atoms with Gasteiger partial charge in [-0.15, -0.1) is 0 Å². The van der Waals surface area contributed by atoms with Gasteiger partial charge in [-0.05, 0) is 69.4 Å². The highest BCUT2D eigenvalue weighted by Gasteiger charge is 2.56. The number of allylic oxidation sites excluding steroid dienone is 1. The van der Waals surface area contributed by atoms with Crippen LogP contribution < -0.4 is 20.1 Å². The Bertz CT molecular complexity index is 1700. The van der Waals surface area contributed by atoms with Crippen LogP contribution in [0.4, 0.5) is 4.79 Å². The zero-order valence-electron chi connectivity index (χ0n) is 29.1. The number of aliphatic hydroxyl groups excluding tert-OH is 1. The van der Waals surface area contributed by atoms with E-state index in [2.05, 4.69) is 20.3 Å². The number of carbonyl (C=O) groups excluding carboxylic acids is 1. The third-order valence-corrected chi connectivity index (χ3v) is 14.4. The molecule has 0 spiro atoms. The lowest BCUT2D eigenvalue weighted by molar-refractivity contribution is -0.169. The van der Waals surface area contributed by atoms with Crippen LogP contribution in [0.1, 0.15) is 38.7 Å². The van der Waals surface area contributed by atoms with Crippen molar-refractivity contribution in [3.8, 4) is 5.75 Å². The zero-order valence-corrected chi connectivity index (χ0v) is 31.7. The fraction of sp³-hybridized carbons (Fsp3) is 0.647. The first-order valence-electron chi connectivity index (χ1n) is 17.9. The molecule has 18 heteroatoms. The third kappa shape index (κ3) is 8.90. The van der Waals surface area contributed by atoms with Gasteiger partial charge in [0.05, 0.1) is 54.8 Å². The van der Waals surface area contributed by atoms with Gasteiger partial charge >= 0.3 is 13.7 Å². The number of carbonyl (C=O) groups is 1. The first-order valence-corrected chi connectivity index (χ1v) is 22.0. The Morgan fingerprint density at radius 2 is 1.87 bits per heavy atom. The predicted molar refractivity (Wildman–Crippen MR) is 193 cm³/mol. The van der Waals surface area contributed by atoms with E-state index in [1.54, 1.807) is 50.3 Å². The number of benzene rings is 1. The van der Waals surface area contributed by atoms with Crippen LogP contribution in [-0.2, 0) is 44.3 Å². The molecule has 2 saturated heterocycles. The fourth-order valence-corrected chi connectivity index (χ4v) is 11.0. The van der Waals surface area contributed by atoms with Crippen molar-refractivity contribution in [3.63, 3.8) is 0 Å². The lowest BCUT2D eigenvalue weighted by Gasteiger charge is -2.29. The molecule has 3 aliphatic heterocycles. The Labute approximate surface area is 308 Å². The van der Waals surface area contributed by atoms with E-state index in [9.17, 15) is 22.9 Å². The van der Waals surface area contributed by atoms with Crippen molar-refractivity contribution < 1.29 is 50.9 Å². The molecule has 286 valence electrons. The zero-order chi connectivity index (χ0) is 36.5. The first kappa shape index (κ1) is 37.8. The number of rotatable bonds is 17. The number of hydrogen-bond acceptors (Lipinski definition) is 14. The second kappa shape index (κ2) is 16.1. The number of nitrogens with zero attached hydrogens (tertiary/aromatic N) is 1. The molecule has 1 aromatic rings. The molecule has 1 amide bonds. The summed E-state index contributed by atoms with van der Waals surface area (Å²) in [6.45, 7) is 4.39. The summed E-state index contributed by atoms with van der Waals surface area (Å²) >= 11 is 1.51. The van der Waals surface area contributed by atoms with E-state index in [-0.39, 0.29) is 78.9 Å². The van der Waals surface area contributed by atoms with Crippen molar-refractivity contribution in [2.24, 2.45) is 22.7 Å². The van der Waals surface area contributed by atoms with Crippen molar-refractivity contribution in [2.75, 3.05) is 39.3 Å². The van der Waals surface area contributed by atoms with Gasteiger partial charge < -0.3 is 43.7 Å². The first-order chi connectivity index (χ1) is 25.0. The van der Waals surface area contributed by atoms with Crippen molar-refractivity contribution in [2.45, 2.75) is 81.4 Å². The topological polar surface area (TPSA) is 192 Å². The Morgan fingerprint density at radius 3 is 2.60 bits per heavy atom. The molecule has 3 heterocycles. The standard InChI is InChI=1S/C34H47N4O11PS2/c1-3-47-50(41,48-4-2)19-46-23-9-5-20(6-10-23)13-28(38-34(40)49-31-21-14-25-26(31)18-45-32(25)44-17-21)29(39)16-35-52(42,43)24-11-12-27-30(15-24)51-33(37-27)36-22-7-8-22/h5-6,9-12,15,21-22,25-32,35,39H,3-4,7-8,13-14,16-19H2,1-2H3,(H,36,37)(H,38,40)/t21?,25?,26?,27?,28-,29+,30?,31?,32?/m0/s1. The maximum atomic E-state index is 13.4. The van der Waals surface area contributed by atoms with Crippen LogP contribution in [0.5, 0.6) is 5.75 Å². The van der Waals surface area contributed by atoms with Crippen LogP contribution in [-0.4, -0.2) is 106 Å². The smallest absolute Gasteiger partial charge is 0.407 e. The molecule has 9 atom stereocenters. The van der Waals surface area contributed by atoms with Gasteiger partial charge in [0.2, 0.25) is 10.0 Å². The van der Waals surface area contributed by atoms with Gasteiger partial charge in [0.1, 0.15) is 11.9 Å². The molecule has 52 heavy (non-hydrogen) atoms. The SMILES string of the molecule is CCOP(=O)(COc1ccc(C[C@H](NC(=O)OC2C3COC4OCC2C4C3)[C@H](O)CNS(=O)(=O)C2=CC3SC(NC4CC4)=NC3C=C2)cc1)OCC. The Morgan fingerprint density at radius 1 is 1.12 bits per heavy atom. The second-order valence-corrected chi connectivity index (χ2v) is 18.8. The number of fused-ring (bicyclic) bond motifs is 2. The number of alkyl carbamates (subject to hydrolysis) is 1. The van der Waals surface area contributed by atoms with E-state index in [1.807, 2.05) is 0 Å². The summed E-state index contributed by atoms with van der Waals surface area (Å²) in [5.41, 5.74) is 0.715. The summed E-state index contributed by atoms with van der Waals surface area (Å²) in [7, 11) is -7.42. The van der Waals surface area contributed by atoms with E-state index in [1.165, 1.54) is 17.8 Å². The van der Waals surface area contributed by atoms with Crippen LogP contribution in [0.3, 0.4) is 0 Å². The number of sulfonamides is 1. The predicted octanol–water partition coefficient (Wildman–Crippen LogP) is 3.26. The van der Waals surface area contributed by atoms with Crippen molar-refractivity contribution in [1.82, 2.24) is 15.4 Å². The normalized spacial score (nSPS) is 30.2. The molecule has 3 aliphatic carbocycles. The molecule has 7 unspecified atom stereocenters. The van der Waals surface area contributed by atoms with Gasteiger partial charge in [-0.3, -0.25) is 9.56 Å². The molecule has 6 aliphatic rings. The third-order valence-electron chi connectivity index (χ3n) is 10.1. The minimum absolute atomic E-state index is 0.0344. The molecule has 4 N–H and O–H groups in total. The van der Waals surface area contributed by atoms with Crippen LogP contribution in [0, 0.1) is 17.8 Å². The lowest BCUT2D eigenvalue weighted by Crippen LogP contribution is -2.50. The molecule has 15 nitrogen and oxygen atoms in total. The summed E-state index contributed by atoms with van der Waals surface area (Å²) in [5, 5.41) is 18.3. The van der Waals surface area contributed by atoms with Gasteiger partial charge in [0, 0.05) is 30.3 Å². The van der Waals surface area contributed by atoms with E-state index in [0.29, 0.717) is 30.6 Å². The largest absolute Gasteiger partial charge is 0.481 e. The van der Waals surface area contributed by atoms with E-state index < -0.39 is 35.9 Å². The molecule has 1 aromatic carbocycles. The number of nitrogens with one attached hydrogen (secondary N) is 3. The summed E-state index contributed by atoms with van der Waals surface area (Å²) in [4.78, 5) is 18.1. The lowest BCUT2D eigenvalue weighted by atomic mass is 9.98. The van der Waals surface area contributed by atoms with Crippen LogP contribution in [0.2, 0.25) is 0 Å². The minimum atomic E-state index is -4.00. The summed E-state index contributed by atoms with van der Waals surface area (Å²) < 4.78 is 75.9. The monoisotopic (exact) mass is 782 g/mol. The number of hydrogen-bond donors (Lipinski definition) is 4. The van der Waals surface area contributed by atoms with Crippen molar-refractivity contribution in [1.29, 1.82) is 0 Å². The molecule has 2 bridgehead atoms. The van der Waals surface area contributed by atoms with Gasteiger partial charge in [-0.2, -0.15) is 0 Å². The number of amidine groups is 1. The maximum absolute atomic E-state index is 13.4. The Balaban J connectivity index is 0.997. The maximum Gasteiger partial charge on any atom is 0.407 e.